The molecule has 1 aromatic carbocycles. The minimum absolute atomic E-state index is 0.0227. The van der Waals surface area contributed by atoms with Crippen LogP contribution in [0.5, 0.6) is 0 Å². The number of hydrogen-bond donors (Lipinski definition) is 0. The SMILES string of the molecule is COC(=O)c1cc(C(=O)N2CCN(c3ccncc3)CC2)cc([N+](=O)[O-])c1. The number of hydrogen-bond acceptors (Lipinski definition) is 7. The minimum Gasteiger partial charge on any atom is -0.465 e. The van der Waals surface area contributed by atoms with Gasteiger partial charge >= 0.3 is 5.97 Å². The summed E-state index contributed by atoms with van der Waals surface area (Å²) in [6.45, 7) is 2.21. The molecule has 0 saturated carbocycles. The molecule has 0 unspecified atom stereocenters. The lowest BCUT2D eigenvalue weighted by molar-refractivity contribution is -0.384. The Hall–Kier alpha value is -3.49. The zero-order valence-corrected chi connectivity index (χ0v) is 14.7. The number of methoxy groups -OCH3 is 1. The van der Waals surface area contributed by atoms with Gasteiger partial charge in [0.2, 0.25) is 0 Å². The summed E-state index contributed by atoms with van der Waals surface area (Å²) in [5.41, 5.74) is 0.782. The van der Waals surface area contributed by atoms with E-state index in [1.807, 2.05) is 12.1 Å². The second-order valence-electron chi connectivity index (χ2n) is 6.00. The molecule has 1 saturated heterocycles. The standard InChI is InChI=1S/C18H18N4O5/c1-27-18(24)14-10-13(11-16(12-14)22(25)26)17(23)21-8-6-20(7-9-21)15-2-4-19-5-3-15/h2-5,10-12H,6-9H2,1H3. The van der Waals surface area contributed by atoms with Gasteiger partial charge in [-0.25, -0.2) is 4.79 Å². The number of anilines is 1. The van der Waals surface area contributed by atoms with E-state index in [4.69, 9.17) is 0 Å². The lowest BCUT2D eigenvalue weighted by Gasteiger charge is -2.36. The molecule has 27 heavy (non-hydrogen) atoms. The summed E-state index contributed by atoms with van der Waals surface area (Å²) >= 11 is 0. The van der Waals surface area contributed by atoms with Crippen molar-refractivity contribution in [1.29, 1.82) is 0 Å². The van der Waals surface area contributed by atoms with Gasteiger partial charge < -0.3 is 14.5 Å². The van der Waals surface area contributed by atoms with Gasteiger partial charge in [-0.15, -0.1) is 0 Å². The van der Waals surface area contributed by atoms with Crippen LogP contribution in [0.3, 0.4) is 0 Å². The van der Waals surface area contributed by atoms with Crippen LogP contribution in [0.15, 0.2) is 42.7 Å². The molecule has 2 aromatic rings. The van der Waals surface area contributed by atoms with Gasteiger partial charge in [0.15, 0.2) is 0 Å². The summed E-state index contributed by atoms with van der Waals surface area (Å²) < 4.78 is 4.62. The Morgan fingerprint density at radius 3 is 2.30 bits per heavy atom. The van der Waals surface area contributed by atoms with Gasteiger partial charge in [-0.2, -0.15) is 0 Å². The number of ether oxygens (including phenoxy) is 1. The van der Waals surface area contributed by atoms with Gasteiger partial charge in [0.1, 0.15) is 0 Å². The number of nitro benzene ring substituents is 1. The maximum Gasteiger partial charge on any atom is 0.338 e. The number of esters is 1. The zero-order chi connectivity index (χ0) is 19.4. The average Bonchev–Trinajstić information content (AvgIpc) is 2.73. The van der Waals surface area contributed by atoms with Crippen LogP contribution in [0.1, 0.15) is 20.7 Å². The number of piperazine rings is 1. The van der Waals surface area contributed by atoms with Gasteiger partial charge in [-0.1, -0.05) is 0 Å². The van der Waals surface area contributed by atoms with Crippen molar-refractivity contribution in [2.45, 2.75) is 0 Å². The molecule has 0 bridgehead atoms. The molecule has 1 amide bonds. The fourth-order valence-corrected chi connectivity index (χ4v) is 2.98. The Kier molecular flexibility index (Phi) is 5.30. The molecule has 9 heteroatoms. The van der Waals surface area contributed by atoms with E-state index in [0.29, 0.717) is 26.2 Å². The van der Waals surface area contributed by atoms with Crippen molar-refractivity contribution in [3.63, 3.8) is 0 Å². The van der Waals surface area contributed by atoms with Crippen LogP contribution in [0.2, 0.25) is 0 Å². The van der Waals surface area contributed by atoms with E-state index in [2.05, 4.69) is 14.6 Å². The molecule has 0 atom stereocenters. The molecule has 0 radical (unpaired) electrons. The van der Waals surface area contributed by atoms with E-state index in [0.717, 1.165) is 11.8 Å². The molecule has 1 fully saturated rings. The molecule has 9 nitrogen and oxygen atoms in total. The Balaban J connectivity index is 1.77. The van der Waals surface area contributed by atoms with Crippen molar-refractivity contribution >= 4 is 23.3 Å². The quantitative estimate of drug-likeness (QED) is 0.458. The average molecular weight is 370 g/mol. The molecule has 1 aromatic heterocycles. The van der Waals surface area contributed by atoms with E-state index >= 15 is 0 Å². The number of benzene rings is 1. The molecule has 140 valence electrons. The zero-order valence-electron chi connectivity index (χ0n) is 14.7. The van der Waals surface area contributed by atoms with Gasteiger partial charge in [-0.3, -0.25) is 19.9 Å². The highest BCUT2D eigenvalue weighted by Crippen LogP contribution is 2.21. The second-order valence-corrected chi connectivity index (χ2v) is 6.00. The first-order chi connectivity index (χ1) is 13.0. The first-order valence-electron chi connectivity index (χ1n) is 8.31. The third-order valence-corrected chi connectivity index (χ3v) is 4.39. The summed E-state index contributed by atoms with van der Waals surface area (Å²) in [6, 6.07) is 7.42. The Labute approximate surface area is 155 Å². The fraction of sp³-hybridized carbons (Fsp3) is 0.278. The summed E-state index contributed by atoms with van der Waals surface area (Å²) in [7, 11) is 1.18. The predicted molar refractivity (Wildman–Crippen MR) is 96.8 cm³/mol. The number of non-ortho nitro benzene ring substituents is 1. The topological polar surface area (TPSA) is 106 Å². The summed E-state index contributed by atoms with van der Waals surface area (Å²) in [5.74, 6) is -1.08. The van der Waals surface area contributed by atoms with E-state index in [1.165, 1.54) is 19.2 Å². The molecule has 1 aliphatic heterocycles. The number of carbonyl (C=O) groups excluding carboxylic acids is 2. The van der Waals surface area contributed by atoms with Crippen molar-refractivity contribution in [2.24, 2.45) is 0 Å². The first-order valence-corrected chi connectivity index (χ1v) is 8.31. The lowest BCUT2D eigenvalue weighted by Crippen LogP contribution is -2.48. The molecular weight excluding hydrogens is 352 g/mol. The van der Waals surface area contributed by atoms with Crippen molar-refractivity contribution in [3.8, 4) is 0 Å². The normalized spacial score (nSPS) is 14.0. The van der Waals surface area contributed by atoms with Crippen LogP contribution < -0.4 is 4.90 Å². The molecule has 0 N–H and O–H groups in total. The van der Waals surface area contributed by atoms with Crippen LogP contribution >= 0.6 is 0 Å². The molecule has 0 aliphatic carbocycles. The van der Waals surface area contributed by atoms with Crippen molar-refractivity contribution in [2.75, 3.05) is 38.2 Å². The number of carbonyl (C=O) groups is 2. The molecular formula is C18H18N4O5. The number of nitro groups is 1. The van der Waals surface area contributed by atoms with Gasteiger partial charge in [-0.05, 0) is 18.2 Å². The number of pyridine rings is 1. The number of amides is 1. The molecule has 3 rings (SSSR count). The summed E-state index contributed by atoms with van der Waals surface area (Å²) in [5, 5.41) is 11.1. The van der Waals surface area contributed by atoms with Crippen molar-refractivity contribution < 1.29 is 19.2 Å². The van der Waals surface area contributed by atoms with E-state index < -0.39 is 10.9 Å². The maximum atomic E-state index is 12.8. The first kappa shape index (κ1) is 18.3. The monoisotopic (exact) mass is 370 g/mol. The summed E-state index contributed by atoms with van der Waals surface area (Å²) in [4.78, 5) is 42.8. The minimum atomic E-state index is -0.727. The van der Waals surface area contributed by atoms with Gasteiger partial charge in [0.25, 0.3) is 11.6 Å². The maximum absolute atomic E-state index is 12.8. The third kappa shape index (κ3) is 4.02. The fourth-order valence-electron chi connectivity index (χ4n) is 2.98. The van der Waals surface area contributed by atoms with Crippen LogP contribution in [-0.4, -0.2) is 60.0 Å². The van der Waals surface area contributed by atoms with E-state index in [9.17, 15) is 19.7 Å². The number of rotatable bonds is 4. The van der Waals surface area contributed by atoms with Gasteiger partial charge in [0.05, 0.1) is 17.6 Å². The second kappa shape index (κ2) is 7.81. The smallest absolute Gasteiger partial charge is 0.338 e. The summed E-state index contributed by atoms with van der Waals surface area (Å²) in [6.07, 6.45) is 3.43. The number of nitrogens with zero attached hydrogens (tertiary/aromatic N) is 4. The lowest BCUT2D eigenvalue weighted by atomic mass is 10.1. The van der Waals surface area contributed by atoms with E-state index in [-0.39, 0.29) is 22.7 Å². The highest BCUT2D eigenvalue weighted by atomic mass is 16.6. The largest absolute Gasteiger partial charge is 0.465 e. The molecule has 2 heterocycles. The Morgan fingerprint density at radius 2 is 1.70 bits per heavy atom. The highest BCUT2D eigenvalue weighted by Gasteiger charge is 2.25. The predicted octanol–water partition coefficient (Wildman–Crippen LogP) is 1.74. The van der Waals surface area contributed by atoms with Crippen LogP contribution in [0, 0.1) is 10.1 Å². The molecule has 1 aliphatic rings. The highest BCUT2D eigenvalue weighted by molar-refractivity contribution is 5.99. The third-order valence-electron chi connectivity index (χ3n) is 4.39. The van der Waals surface area contributed by atoms with Gasteiger partial charge in [0, 0.05) is 62.0 Å². The van der Waals surface area contributed by atoms with Crippen LogP contribution in [0.4, 0.5) is 11.4 Å². The molecule has 0 spiro atoms. The van der Waals surface area contributed by atoms with Crippen molar-refractivity contribution in [3.05, 3.63) is 64.0 Å². The van der Waals surface area contributed by atoms with Crippen LogP contribution in [-0.2, 0) is 4.74 Å². The van der Waals surface area contributed by atoms with E-state index in [1.54, 1.807) is 17.3 Å². The Bertz CT molecular complexity index is 863. The van der Waals surface area contributed by atoms with Crippen LogP contribution in [0.25, 0.3) is 0 Å². The van der Waals surface area contributed by atoms with Crippen molar-refractivity contribution in [1.82, 2.24) is 9.88 Å². The number of aromatic nitrogens is 1. The Morgan fingerprint density at radius 1 is 1.07 bits per heavy atom.